The normalized spacial score (nSPS) is 10.4. The Morgan fingerprint density at radius 2 is 1.95 bits per heavy atom. The summed E-state index contributed by atoms with van der Waals surface area (Å²) >= 11 is 1.34. The molecule has 0 bridgehead atoms. The summed E-state index contributed by atoms with van der Waals surface area (Å²) in [5.41, 5.74) is 6.30. The molecule has 0 fully saturated rings. The van der Waals surface area contributed by atoms with Crippen LogP contribution in [0.25, 0.3) is 0 Å². The number of carbonyl (C=O) groups excluding carboxylic acids is 1. The monoisotopic (exact) mass is 308 g/mol. The zero-order valence-corrected chi connectivity index (χ0v) is 11.9. The topological polar surface area (TPSA) is 55.1 Å². The third-order valence-electron chi connectivity index (χ3n) is 2.60. The molecule has 0 aliphatic heterocycles. The van der Waals surface area contributed by atoms with Crippen LogP contribution in [0.1, 0.15) is 6.42 Å². The highest BCUT2D eigenvalue weighted by Crippen LogP contribution is 2.22. The summed E-state index contributed by atoms with van der Waals surface area (Å²) < 4.78 is 26.1. The molecule has 0 aliphatic carbocycles. The Morgan fingerprint density at radius 1 is 1.14 bits per heavy atom. The largest absolute Gasteiger partial charge is 0.399 e. The van der Waals surface area contributed by atoms with E-state index in [0.29, 0.717) is 22.0 Å². The first-order chi connectivity index (χ1) is 10.0. The van der Waals surface area contributed by atoms with Gasteiger partial charge >= 0.3 is 0 Å². The van der Waals surface area contributed by atoms with Gasteiger partial charge in [-0.3, -0.25) is 4.79 Å². The fourth-order valence-corrected chi connectivity index (χ4v) is 2.66. The molecule has 0 unspecified atom stereocenters. The number of carbonyl (C=O) groups is 1. The molecule has 3 N–H and O–H groups in total. The average Bonchev–Trinajstić information content (AvgIpc) is 2.37. The summed E-state index contributed by atoms with van der Waals surface area (Å²) in [5, 5.41) is 2.60. The van der Waals surface area contributed by atoms with Gasteiger partial charge in [-0.15, -0.1) is 11.8 Å². The molecule has 21 heavy (non-hydrogen) atoms. The molecule has 0 heterocycles. The molecule has 3 nitrogen and oxygen atoms in total. The van der Waals surface area contributed by atoms with Crippen LogP contribution in [0, 0.1) is 11.6 Å². The number of benzene rings is 2. The molecule has 2 rings (SSSR count). The summed E-state index contributed by atoms with van der Waals surface area (Å²) in [4.78, 5) is 12.4. The van der Waals surface area contributed by atoms with Gasteiger partial charge in [0.2, 0.25) is 5.91 Å². The Hall–Kier alpha value is -2.08. The third-order valence-corrected chi connectivity index (χ3v) is 3.58. The first kappa shape index (κ1) is 15.3. The highest BCUT2D eigenvalue weighted by molar-refractivity contribution is 7.99. The van der Waals surface area contributed by atoms with Crippen molar-refractivity contribution in [2.75, 3.05) is 16.8 Å². The van der Waals surface area contributed by atoms with E-state index in [-0.39, 0.29) is 12.3 Å². The zero-order valence-electron chi connectivity index (χ0n) is 11.1. The molecule has 2 aromatic carbocycles. The number of nitrogens with two attached hydrogens (primary N) is 1. The van der Waals surface area contributed by atoms with Crippen molar-refractivity contribution in [1.29, 1.82) is 0 Å². The maximum Gasteiger partial charge on any atom is 0.225 e. The van der Waals surface area contributed by atoms with Crippen LogP contribution in [0.15, 0.2) is 47.4 Å². The number of amides is 1. The van der Waals surface area contributed by atoms with E-state index in [9.17, 15) is 13.6 Å². The number of nitrogens with one attached hydrogen (secondary N) is 1. The SMILES string of the molecule is Nc1cc(F)cc(SCCC(=O)Nc2cccc(F)c2)c1. The van der Waals surface area contributed by atoms with E-state index in [0.717, 1.165) is 0 Å². The molecule has 0 saturated heterocycles. The number of nitrogen functional groups attached to an aromatic ring is 1. The van der Waals surface area contributed by atoms with Crippen molar-refractivity contribution in [2.45, 2.75) is 11.3 Å². The lowest BCUT2D eigenvalue weighted by Crippen LogP contribution is -2.12. The minimum absolute atomic E-state index is 0.225. The smallest absolute Gasteiger partial charge is 0.225 e. The predicted molar refractivity (Wildman–Crippen MR) is 81.2 cm³/mol. The van der Waals surface area contributed by atoms with Crippen LogP contribution >= 0.6 is 11.8 Å². The van der Waals surface area contributed by atoms with E-state index >= 15 is 0 Å². The standard InChI is InChI=1S/C15H14F2N2OS/c16-10-2-1-3-13(7-10)19-15(20)4-5-21-14-8-11(17)6-12(18)9-14/h1-3,6-9H,4-5,18H2,(H,19,20). The number of rotatable bonds is 5. The second kappa shape index (κ2) is 7.08. The Kier molecular flexibility index (Phi) is 5.16. The van der Waals surface area contributed by atoms with Gasteiger partial charge in [0.1, 0.15) is 11.6 Å². The minimum Gasteiger partial charge on any atom is -0.399 e. The summed E-state index contributed by atoms with van der Waals surface area (Å²) in [5.74, 6) is -0.555. The second-order valence-corrected chi connectivity index (χ2v) is 5.55. The van der Waals surface area contributed by atoms with E-state index in [4.69, 9.17) is 5.73 Å². The molecular weight excluding hydrogens is 294 g/mol. The van der Waals surface area contributed by atoms with Gasteiger partial charge < -0.3 is 11.1 Å². The van der Waals surface area contributed by atoms with E-state index in [1.807, 2.05) is 0 Å². The maximum absolute atomic E-state index is 13.1. The fraction of sp³-hybridized carbons (Fsp3) is 0.133. The number of thioether (sulfide) groups is 1. The first-order valence-corrected chi connectivity index (χ1v) is 7.26. The lowest BCUT2D eigenvalue weighted by molar-refractivity contribution is -0.115. The molecule has 0 aliphatic rings. The molecule has 0 saturated carbocycles. The summed E-state index contributed by atoms with van der Waals surface area (Å²) in [6, 6.07) is 9.94. The summed E-state index contributed by atoms with van der Waals surface area (Å²) in [6.07, 6.45) is 0.234. The second-order valence-electron chi connectivity index (χ2n) is 4.38. The van der Waals surface area contributed by atoms with Gasteiger partial charge in [-0.05, 0) is 36.4 Å². The maximum atomic E-state index is 13.1. The van der Waals surface area contributed by atoms with Crippen molar-refractivity contribution < 1.29 is 13.6 Å². The summed E-state index contributed by atoms with van der Waals surface area (Å²) in [7, 11) is 0. The van der Waals surface area contributed by atoms with Crippen molar-refractivity contribution in [2.24, 2.45) is 0 Å². The third kappa shape index (κ3) is 5.07. The highest BCUT2D eigenvalue weighted by atomic mass is 32.2. The van der Waals surface area contributed by atoms with E-state index in [1.54, 1.807) is 12.1 Å². The molecular formula is C15H14F2N2OS. The van der Waals surface area contributed by atoms with Crippen LogP contribution < -0.4 is 11.1 Å². The van der Waals surface area contributed by atoms with Crippen LogP contribution in [0.2, 0.25) is 0 Å². The van der Waals surface area contributed by atoms with Crippen molar-refractivity contribution in [3.05, 3.63) is 54.1 Å². The quantitative estimate of drug-likeness (QED) is 0.654. The van der Waals surface area contributed by atoms with E-state index in [1.165, 1.54) is 42.1 Å². The minimum atomic E-state index is -0.405. The van der Waals surface area contributed by atoms with Gasteiger partial charge in [0, 0.05) is 28.4 Å². The van der Waals surface area contributed by atoms with Crippen molar-refractivity contribution in [3.63, 3.8) is 0 Å². The summed E-state index contributed by atoms with van der Waals surface area (Å²) in [6.45, 7) is 0. The Morgan fingerprint density at radius 3 is 2.67 bits per heavy atom. The Bertz CT molecular complexity index is 629. The molecule has 110 valence electrons. The van der Waals surface area contributed by atoms with Crippen molar-refractivity contribution in [3.8, 4) is 0 Å². The number of hydrogen-bond acceptors (Lipinski definition) is 3. The van der Waals surface area contributed by atoms with Crippen molar-refractivity contribution in [1.82, 2.24) is 0 Å². The molecule has 6 heteroatoms. The molecule has 0 aromatic heterocycles. The number of hydrogen-bond donors (Lipinski definition) is 2. The molecule has 0 spiro atoms. The van der Waals surface area contributed by atoms with Crippen molar-refractivity contribution >= 4 is 29.0 Å². The van der Waals surface area contributed by atoms with Crippen LogP contribution in [-0.4, -0.2) is 11.7 Å². The number of anilines is 2. The lowest BCUT2D eigenvalue weighted by Gasteiger charge is -2.06. The average molecular weight is 308 g/mol. The van der Waals surface area contributed by atoms with Crippen LogP contribution in [0.3, 0.4) is 0 Å². The number of halogens is 2. The Balaban J connectivity index is 1.81. The van der Waals surface area contributed by atoms with Gasteiger partial charge in [-0.25, -0.2) is 8.78 Å². The molecule has 1 amide bonds. The molecule has 0 radical (unpaired) electrons. The van der Waals surface area contributed by atoms with Gasteiger partial charge in [0.25, 0.3) is 0 Å². The Labute approximate surface area is 125 Å². The zero-order chi connectivity index (χ0) is 15.2. The highest BCUT2D eigenvalue weighted by Gasteiger charge is 2.05. The van der Waals surface area contributed by atoms with Gasteiger partial charge in [-0.2, -0.15) is 0 Å². The first-order valence-electron chi connectivity index (χ1n) is 6.27. The van der Waals surface area contributed by atoms with Crippen LogP contribution in [-0.2, 0) is 4.79 Å². The predicted octanol–water partition coefficient (Wildman–Crippen LogP) is 3.67. The van der Waals surface area contributed by atoms with Gasteiger partial charge in [-0.1, -0.05) is 6.07 Å². The lowest BCUT2D eigenvalue weighted by atomic mass is 10.3. The fourth-order valence-electron chi connectivity index (χ4n) is 1.72. The van der Waals surface area contributed by atoms with Crippen LogP contribution in [0.4, 0.5) is 20.2 Å². The molecule has 2 aromatic rings. The van der Waals surface area contributed by atoms with Gasteiger partial charge in [0.15, 0.2) is 0 Å². The van der Waals surface area contributed by atoms with Crippen LogP contribution in [0.5, 0.6) is 0 Å². The molecule has 0 atom stereocenters. The van der Waals surface area contributed by atoms with Gasteiger partial charge in [0.05, 0.1) is 0 Å². The van der Waals surface area contributed by atoms with E-state index < -0.39 is 11.6 Å². The van der Waals surface area contributed by atoms with E-state index in [2.05, 4.69) is 5.32 Å².